The molecular weight excluding hydrogens is 366 g/mol. The van der Waals surface area contributed by atoms with Gasteiger partial charge in [-0.25, -0.2) is 0 Å². The van der Waals surface area contributed by atoms with Crippen molar-refractivity contribution in [3.05, 3.63) is 35.9 Å². The van der Waals surface area contributed by atoms with E-state index in [1.165, 1.54) is 50.5 Å². The minimum Gasteiger partial charge on any atom is -0.360 e. The molecular formula is C23H33N3OS. The fourth-order valence-corrected chi connectivity index (χ4v) is 5.68. The molecule has 0 radical (unpaired) electrons. The third kappa shape index (κ3) is 5.31. The molecule has 1 saturated carbocycles. The van der Waals surface area contributed by atoms with Gasteiger partial charge in [0.2, 0.25) is 5.91 Å². The van der Waals surface area contributed by atoms with Crippen molar-refractivity contribution in [3.63, 3.8) is 0 Å². The summed E-state index contributed by atoms with van der Waals surface area (Å²) in [5, 5.41) is 4.54. The summed E-state index contributed by atoms with van der Waals surface area (Å²) in [6.07, 6.45) is 11.1. The van der Waals surface area contributed by atoms with Crippen LogP contribution in [0.2, 0.25) is 0 Å². The number of benzene rings is 1. The molecule has 1 aromatic rings. The minimum atomic E-state index is 0.284. The monoisotopic (exact) mass is 399 g/mol. The lowest BCUT2D eigenvalue weighted by Crippen LogP contribution is -2.40. The number of piperidine rings is 1. The van der Waals surface area contributed by atoms with Crippen LogP contribution in [0.4, 0.5) is 0 Å². The third-order valence-corrected chi connectivity index (χ3v) is 7.43. The normalized spacial score (nSPS) is 25.1. The Morgan fingerprint density at radius 1 is 1.11 bits per heavy atom. The number of hydrogen-bond acceptors (Lipinski definition) is 4. The van der Waals surface area contributed by atoms with E-state index in [-0.39, 0.29) is 5.91 Å². The molecule has 2 fully saturated rings. The summed E-state index contributed by atoms with van der Waals surface area (Å²) in [6, 6.07) is 11.7. The largest absolute Gasteiger partial charge is 0.360 e. The van der Waals surface area contributed by atoms with Crippen LogP contribution in [0.5, 0.6) is 0 Å². The quantitative estimate of drug-likeness (QED) is 0.778. The number of thioether (sulfide) groups is 1. The van der Waals surface area contributed by atoms with Gasteiger partial charge in [-0.2, -0.15) is 0 Å². The molecule has 0 unspecified atom stereocenters. The highest BCUT2D eigenvalue weighted by molar-refractivity contribution is 8.14. The van der Waals surface area contributed by atoms with Crippen molar-refractivity contribution in [1.82, 2.24) is 10.2 Å². The van der Waals surface area contributed by atoms with Crippen molar-refractivity contribution < 1.29 is 4.79 Å². The first-order valence-electron chi connectivity index (χ1n) is 11.1. The van der Waals surface area contributed by atoms with Gasteiger partial charge in [0, 0.05) is 13.1 Å². The first-order valence-corrected chi connectivity index (χ1v) is 12.1. The van der Waals surface area contributed by atoms with Gasteiger partial charge in [0.1, 0.15) is 0 Å². The predicted molar refractivity (Wildman–Crippen MR) is 118 cm³/mol. The smallest absolute Gasteiger partial charge is 0.233 e. The van der Waals surface area contributed by atoms with E-state index in [1.54, 1.807) is 11.8 Å². The summed E-state index contributed by atoms with van der Waals surface area (Å²) in [6.45, 7) is 1.86. The number of likely N-dealkylation sites (tertiary alicyclic amines) is 1. The highest BCUT2D eigenvalue weighted by Gasteiger charge is 2.31. The molecule has 1 aromatic carbocycles. The molecule has 2 atom stereocenters. The van der Waals surface area contributed by atoms with E-state index in [0.717, 1.165) is 37.0 Å². The van der Waals surface area contributed by atoms with Crippen LogP contribution in [-0.2, 0) is 11.2 Å². The number of nitrogens with one attached hydrogen (secondary N) is 1. The topological polar surface area (TPSA) is 44.7 Å². The molecule has 28 heavy (non-hydrogen) atoms. The Morgan fingerprint density at radius 3 is 2.68 bits per heavy atom. The van der Waals surface area contributed by atoms with Crippen molar-refractivity contribution in [2.24, 2.45) is 10.9 Å². The summed E-state index contributed by atoms with van der Waals surface area (Å²) < 4.78 is 0. The zero-order valence-corrected chi connectivity index (χ0v) is 17.6. The molecule has 2 heterocycles. The van der Waals surface area contributed by atoms with E-state index >= 15 is 0 Å². The molecule has 3 aliphatic rings. The minimum absolute atomic E-state index is 0.284. The molecule has 4 rings (SSSR count). The van der Waals surface area contributed by atoms with Crippen molar-refractivity contribution in [2.75, 3.05) is 18.8 Å². The van der Waals surface area contributed by atoms with Gasteiger partial charge in [-0.05, 0) is 56.4 Å². The Kier molecular flexibility index (Phi) is 6.95. The summed E-state index contributed by atoms with van der Waals surface area (Å²) >= 11 is 1.61. The number of nitrogens with zero attached hydrogens (tertiary/aromatic N) is 2. The number of amidine groups is 1. The second kappa shape index (κ2) is 9.82. The third-order valence-electron chi connectivity index (χ3n) is 6.54. The van der Waals surface area contributed by atoms with E-state index in [1.807, 2.05) is 0 Å². The Balaban J connectivity index is 1.12. The van der Waals surface area contributed by atoms with Gasteiger partial charge in [-0.15, -0.1) is 0 Å². The Labute approximate surface area is 173 Å². The number of fused-ring (bicyclic) bond motifs is 1. The second-order valence-electron chi connectivity index (χ2n) is 8.53. The van der Waals surface area contributed by atoms with Gasteiger partial charge < -0.3 is 10.2 Å². The van der Waals surface area contributed by atoms with Gasteiger partial charge in [0.25, 0.3) is 0 Å². The van der Waals surface area contributed by atoms with Crippen LogP contribution >= 0.6 is 11.8 Å². The van der Waals surface area contributed by atoms with E-state index in [0.29, 0.717) is 17.8 Å². The second-order valence-corrected chi connectivity index (χ2v) is 9.49. The maximum absolute atomic E-state index is 12.6. The molecule has 4 nitrogen and oxygen atoms in total. The fourth-order valence-electron chi connectivity index (χ4n) is 4.79. The zero-order valence-electron chi connectivity index (χ0n) is 16.8. The van der Waals surface area contributed by atoms with E-state index in [9.17, 15) is 4.79 Å². The van der Waals surface area contributed by atoms with Crippen LogP contribution in [0.25, 0.3) is 0 Å². The molecule has 0 spiro atoms. The summed E-state index contributed by atoms with van der Waals surface area (Å²) in [7, 11) is 0. The number of aryl methyl sites for hydroxylation is 1. The standard InChI is InChI=1S/C23H33N3OS/c27-22(17-28-23-24-20-11-4-5-12-21(20)25-23)26-15-13-19(14-16-26)10-6-9-18-7-2-1-3-8-18/h1-3,7-8,19-21H,4-6,9-17H2,(H,24,25)/t20-,21-/m0/s1. The van der Waals surface area contributed by atoms with Gasteiger partial charge in [-0.1, -0.05) is 54.9 Å². The van der Waals surface area contributed by atoms with Gasteiger partial charge in [-0.3, -0.25) is 9.79 Å². The first kappa shape index (κ1) is 19.8. The van der Waals surface area contributed by atoms with Crippen molar-refractivity contribution in [2.45, 2.75) is 69.9 Å². The van der Waals surface area contributed by atoms with E-state index < -0.39 is 0 Å². The van der Waals surface area contributed by atoms with Crippen LogP contribution in [-0.4, -0.2) is 46.9 Å². The number of carbonyl (C=O) groups excluding carboxylic acids is 1. The molecule has 1 amide bonds. The highest BCUT2D eigenvalue weighted by Crippen LogP contribution is 2.28. The van der Waals surface area contributed by atoms with Gasteiger partial charge >= 0.3 is 0 Å². The average Bonchev–Trinajstić information content (AvgIpc) is 3.16. The molecule has 1 N–H and O–H groups in total. The number of amides is 1. The lowest BCUT2D eigenvalue weighted by Gasteiger charge is -2.32. The molecule has 1 aliphatic carbocycles. The molecule has 5 heteroatoms. The van der Waals surface area contributed by atoms with E-state index in [4.69, 9.17) is 4.99 Å². The summed E-state index contributed by atoms with van der Waals surface area (Å²) in [5.74, 6) is 1.60. The van der Waals surface area contributed by atoms with Crippen LogP contribution in [0.15, 0.2) is 35.3 Å². The van der Waals surface area contributed by atoms with Crippen LogP contribution in [0.1, 0.15) is 56.9 Å². The first-order chi connectivity index (χ1) is 13.8. The Hall–Kier alpha value is -1.49. The van der Waals surface area contributed by atoms with Crippen molar-refractivity contribution in [1.29, 1.82) is 0 Å². The average molecular weight is 400 g/mol. The van der Waals surface area contributed by atoms with Gasteiger partial charge in [0.15, 0.2) is 5.17 Å². The lowest BCUT2D eigenvalue weighted by molar-refractivity contribution is -0.129. The molecule has 0 bridgehead atoms. The van der Waals surface area contributed by atoms with E-state index in [2.05, 4.69) is 40.5 Å². The molecule has 2 aliphatic heterocycles. The van der Waals surface area contributed by atoms with Crippen molar-refractivity contribution in [3.8, 4) is 0 Å². The zero-order chi connectivity index (χ0) is 19.2. The van der Waals surface area contributed by atoms with Gasteiger partial charge in [0.05, 0.1) is 17.8 Å². The number of hydrogen-bond donors (Lipinski definition) is 1. The van der Waals surface area contributed by atoms with Crippen LogP contribution in [0, 0.1) is 5.92 Å². The SMILES string of the molecule is O=C(CSC1=N[C@H]2CCCC[C@@H]2N1)N1CCC(CCCc2ccccc2)CC1. The maximum Gasteiger partial charge on any atom is 0.233 e. The van der Waals surface area contributed by atoms with Crippen LogP contribution in [0.3, 0.4) is 0 Å². The summed E-state index contributed by atoms with van der Waals surface area (Å²) in [4.78, 5) is 19.5. The number of aliphatic imine (C=N–C) groups is 1. The Bertz CT molecular complexity index is 670. The predicted octanol–water partition coefficient (Wildman–Crippen LogP) is 4.25. The maximum atomic E-state index is 12.6. The number of carbonyl (C=O) groups is 1. The van der Waals surface area contributed by atoms with Crippen molar-refractivity contribution >= 4 is 22.8 Å². The highest BCUT2D eigenvalue weighted by atomic mass is 32.2. The summed E-state index contributed by atoms with van der Waals surface area (Å²) in [5.41, 5.74) is 1.44. The molecule has 0 aromatic heterocycles. The number of rotatable bonds is 6. The molecule has 1 saturated heterocycles. The fraction of sp³-hybridized carbons (Fsp3) is 0.652. The van der Waals surface area contributed by atoms with Crippen LogP contribution < -0.4 is 5.32 Å². The molecule has 152 valence electrons. The lowest BCUT2D eigenvalue weighted by atomic mass is 9.91. The Morgan fingerprint density at radius 2 is 1.89 bits per heavy atom.